The molecule has 2 saturated heterocycles. The Bertz CT molecular complexity index is 746. The van der Waals surface area contributed by atoms with Crippen LogP contribution in [0.3, 0.4) is 0 Å². The van der Waals surface area contributed by atoms with Crippen molar-refractivity contribution in [2.45, 2.75) is 50.9 Å². The molecule has 8 nitrogen and oxygen atoms in total. The molecule has 2 amide bonds. The molecule has 0 N–H and O–H groups in total. The van der Waals surface area contributed by atoms with Gasteiger partial charge in [0.2, 0.25) is 11.8 Å². The molecule has 2 fully saturated rings. The van der Waals surface area contributed by atoms with Crippen molar-refractivity contribution in [3.63, 3.8) is 0 Å². The lowest BCUT2D eigenvalue weighted by atomic mass is 9.95. The quantitative estimate of drug-likeness (QED) is 0.644. The number of methoxy groups -OCH3 is 1. The fourth-order valence-electron chi connectivity index (χ4n) is 4.24. The highest BCUT2D eigenvalue weighted by Crippen LogP contribution is 2.32. The Morgan fingerprint density at radius 2 is 1.97 bits per heavy atom. The van der Waals surface area contributed by atoms with Crippen molar-refractivity contribution in [2.75, 3.05) is 58.9 Å². The summed E-state index contributed by atoms with van der Waals surface area (Å²) in [5.41, 5.74) is 0.946. The second kappa shape index (κ2) is 10.2. The van der Waals surface area contributed by atoms with Gasteiger partial charge in [-0.25, -0.2) is 9.97 Å². The Labute approximate surface area is 179 Å². The molecule has 30 heavy (non-hydrogen) atoms. The number of carbonyl (C=O) groups excluding carboxylic acids is 2. The number of rotatable bonds is 8. The molecule has 0 bridgehead atoms. The van der Waals surface area contributed by atoms with Crippen LogP contribution in [-0.4, -0.2) is 85.6 Å². The van der Waals surface area contributed by atoms with Crippen LogP contribution < -0.4 is 4.90 Å². The molecule has 8 heteroatoms. The average molecular weight is 418 g/mol. The number of piperidine rings is 1. The zero-order chi connectivity index (χ0) is 21.7. The van der Waals surface area contributed by atoms with Crippen LogP contribution in [0.5, 0.6) is 0 Å². The standard InChI is InChI=1S/C22H35N5O3/c1-5-6-20(28)26-9-7-16(8-10-26)22-23-18(14-19(24-22)25(2)3)17-13-21(29)27(15-17)11-12-30-4/h14,16-17H,5-13,15H2,1-4H3. The van der Waals surface area contributed by atoms with E-state index < -0.39 is 0 Å². The third-order valence-electron chi connectivity index (χ3n) is 6.08. The third-order valence-corrected chi connectivity index (χ3v) is 6.08. The van der Waals surface area contributed by atoms with Crippen molar-refractivity contribution >= 4 is 17.6 Å². The summed E-state index contributed by atoms with van der Waals surface area (Å²) >= 11 is 0. The normalized spacial score (nSPS) is 20.1. The zero-order valence-electron chi connectivity index (χ0n) is 18.8. The number of hydrogen-bond donors (Lipinski definition) is 0. The molecular weight excluding hydrogens is 382 g/mol. The van der Waals surface area contributed by atoms with Crippen LogP contribution in [0.2, 0.25) is 0 Å². The van der Waals surface area contributed by atoms with E-state index in [0.717, 1.165) is 49.7 Å². The second-order valence-electron chi connectivity index (χ2n) is 8.54. The third kappa shape index (κ3) is 5.28. The molecule has 1 aromatic heterocycles. The van der Waals surface area contributed by atoms with Gasteiger partial charge in [0.05, 0.1) is 12.3 Å². The highest BCUT2D eigenvalue weighted by Gasteiger charge is 2.33. The van der Waals surface area contributed by atoms with Gasteiger partial charge in [0.15, 0.2) is 0 Å². The molecule has 0 saturated carbocycles. The van der Waals surface area contributed by atoms with E-state index in [1.807, 2.05) is 41.8 Å². The maximum atomic E-state index is 12.4. The highest BCUT2D eigenvalue weighted by molar-refractivity contribution is 5.79. The van der Waals surface area contributed by atoms with E-state index >= 15 is 0 Å². The average Bonchev–Trinajstić information content (AvgIpc) is 3.12. The largest absolute Gasteiger partial charge is 0.383 e. The lowest BCUT2D eigenvalue weighted by Crippen LogP contribution is -2.38. The number of ether oxygens (including phenoxy) is 1. The summed E-state index contributed by atoms with van der Waals surface area (Å²) in [7, 11) is 5.61. The number of aromatic nitrogens is 2. The van der Waals surface area contributed by atoms with E-state index in [1.54, 1.807) is 7.11 Å². The predicted molar refractivity (Wildman–Crippen MR) is 116 cm³/mol. The van der Waals surface area contributed by atoms with Gasteiger partial charge < -0.3 is 19.4 Å². The minimum Gasteiger partial charge on any atom is -0.383 e. The summed E-state index contributed by atoms with van der Waals surface area (Å²) in [5, 5.41) is 0. The van der Waals surface area contributed by atoms with Crippen LogP contribution in [0.25, 0.3) is 0 Å². The van der Waals surface area contributed by atoms with Gasteiger partial charge in [-0.1, -0.05) is 6.92 Å². The topological polar surface area (TPSA) is 78.9 Å². The number of likely N-dealkylation sites (tertiary alicyclic amines) is 2. The van der Waals surface area contributed by atoms with Gasteiger partial charge in [0, 0.05) is 78.1 Å². The Morgan fingerprint density at radius 1 is 1.23 bits per heavy atom. The minimum absolute atomic E-state index is 0.0843. The molecule has 166 valence electrons. The summed E-state index contributed by atoms with van der Waals surface area (Å²) < 4.78 is 5.13. The minimum atomic E-state index is 0.0843. The van der Waals surface area contributed by atoms with Crippen molar-refractivity contribution < 1.29 is 14.3 Å². The Morgan fingerprint density at radius 3 is 2.60 bits per heavy atom. The molecule has 0 aliphatic carbocycles. The van der Waals surface area contributed by atoms with Crippen molar-refractivity contribution in [1.82, 2.24) is 19.8 Å². The SMILES string of the molecule is CCCC(=O)N1CCC(c2nc(C3CC(=O)N(CCOC)C3)cc(N(C)C)n2)CC1. The summed E-state index contributed by atoms with van der Waals surface area (Å²) in [6, 6.07) is 2.02. The molecule has 3 heterocycles. The molecule has 2 aliphatic rings. The summed E-state index contributed by atoms with van der Waals surface area (Å²) in [5.74, 6) is 2.47. The Kier molecular flexibility index (Phi) is 7.64. The lowest BCUT2D eigenvalue weighted by Gasteiger charge is -2.32. The molecule has 1 aromatic rings. The smallest absolute Gasteiger partial charge is 0.223 e. The lowest BCUT2D eigenvalue weighted by molar-refractivity contribution is -0.132. The molecule has 0 aromatic carbocycles. The van der Waals surface area contributed by atoms with Crippen molar-refractivity contribution in [1.29, 1.82) is 0 Å². The van der Waals surface area contributed by atoms with Crippen molar-refractivity contribution in [3.05, 3.63) is 17.6 Å². The highest BCUT2D eigenvalue weighted by atomic mass is 16.5. The first-order valence-corrected chi connectivity index (χ1v) is 11.0. The van der Waals surface area contributed by atoms with Crippen LogP contribution in [0.1, 0.15) is 62.4 Å². The molecule has 1 unspecified atom stereocenters. The van der Waals surface area contributed by atoms with Crippen LogP contribution in [0, 0.1) is 0 Å². The summed E-state index contributed by atoms with van der Waals surface area (Å²) in [6.07, 6.45) is 3.76. The zero-order valence-corrected chi connectivity index (χ0v) is 18.8. The number of anilines is 1. The van der Waals surface area contributed by atoms with Gasteiger partial charge in [-0.15, -0.1) is 0 Å². The van der Waals surface area contributed by atoms with E-state index in [1.165, 1.54) is 0 Å². The first-order valence-electron chi connectivity index (χ1n) is 11.0. The van der Waals surface area contributed by atoms with Crippen LogP contribution in [-0.2, 0) is 14.3 Å². The van der Waals surface area contributed by atoms with E-state index in [4.69, 9.17) is 14.7 Å². The van der Waals surface area contributed by atoms with Gasteiger partial charge in [0.1, 0.15) is 11.6 Å². The first kappa shape index (κ1) is 22.5. The van der Waals surface area contributed by atoms with Gasteiger partial charge in [-0.2, -0.15) is 0 Å². The van der Waals surface area contributed by atoms with Gasteiger partial charge >= 0.3 is 0 Å². The second-order valence-corrected chi connectivity index (χ2v) is 8.54. The van der Waals surface area contributed by atoms with E-state index in [9.17, 15) is 9.59 Å². The van der Waals surface area contributed by atoms with Crippen molar-refractivity contribution in [2.24, 2.45) is 0 Å². The molecule has 2 aliphatic heterocycles. The van der Waals surface area contributed by atoms with E-state index in [2.05, 4.69) is 0 Å². The first-order chi connectivity index (χ1) is 14.4. The molecule has 0 radical (unpaired) electrons. The summed E-state index contributed by atoms with van der Waals surface area (Å²) in [6.45, 7) is 5.41. The monoisotopic (exact) mass is 417 g/mol. The number of carbonyl (C=O) groups is 2. The van der Waals surface area contributed by atoms with E-state index in [-0.39, 0.29) is 23.7 Å². The summed E-state index contributed by atoms with van der Waals surface area (Å²) in [4.78, 5) is 40.2. The molecular formula is C22H35N5O3. The number of hydrogen-bond acceptors (Lipinski definition) is 6. The van der Waals surface area contributed by atoms with Crippen LogP contribution >= 0.6 is 0 Å². The van der Waals surface area contributed by atoms with Crippen LogP contribution in [0.15, 0.2) is 6.07 Å². The maximum Gasteiger partial charge on any atom is 0.223 e. The number of nitrogens with zero attached hydrogens (tertiary/aromatic N) is 5. The van der Waals surface area contributed by atoms with Gasteiger partial charge in [0.25, 0.3) is 0 Å². The Balaban J connectivity index is 1.74. The van der Waals surface area contributed by atoms with Gasteiger partial charge in [-0.3, -0.25) is 9.59 Å². The number of amides is 2. The maximum absolute atomic E-state index is 12.4. The fourth-order valence-corrected chi connectivity index (χ4v) is 4.24. The fraction of sp³-hybridized carbons (Fsp3) is 0.727. The molecule has 3 rings (SSSR count). The van der Waals surface area contributed by atoms with Crippen LogP contribution in [0.4, 0.5) is 5.82 Å². The van der Waals surface area contributed by atoms with Crippen molar-refractivity contribution in [3.8, 4) is 0 Å². The van der Waals surface area contributed by atoms with E-state index in [0.29, 0.717) is 32.5 Å². The van der Waals surface area contributed by atoms with Gasteiger partial charge in [-0.05, 0) is 19.3 Å². The molecule has 0 spiro atoms. The predicted octanol–water partition coefficient (Wildman–Crippen LogP) is 2.01. The molecule has 1 atom stereocenters. The Hall–Kier alpha value is -2.22.